The Kier molecular flexibility index (Phi) is 9.73. The van der Waals surface area contributed by atoms with Crippen LogP contribution >= 0.6 is 0 Å². The number of hydrogen-bond donors (Lipinski definition) is 1. The largest absolute Gasteiger partial charge is 0.386 e. The number of ether oxygens (including phenoxy) is 2. The predicted molar refractivity (Wildman–Crippen MR) is 72.5 cm³/mol. The zero-order valence-electron chi connectivity index (χ0n) is 12.4. The molecule has 0 fully saturated rings. The minimum Gasteiger partial charge on any atom is -0.386 e. The highest BCUT2D eigenvalue weighted by Gasteiger charge is 2.30. The minimum absolute atomic E-state index is 0.0418. The Labute approximate surface area is 115 Å². The molecule has 0 radical (unpaired) electrons. The maximum absolute atomic E-state index is 10.4. The molecule has 0 aromatic rings. The number of aliphatic hydroxyl groups excluding tert-OH is 1. The molecule has 114 valence electrons. The minimum atomic E-state index is -0.961. The Bertz CT molecular complexity index is 243. The first-order chi connectivity index (χ1) is 8.96. The average Bonchev–Trinajstić information content (AvgIpc) is 2.34. The molecule has 3 atom stereocenters. The van der Waals surface area contributed by atoms with Gasteiger partial charge in [0.1, 0.15) is 6.10 Å². The molecule has 1 N–H and O–H groups in total. The molecular formula is C13H27NO5. The van der Waals surface area contributed by atoms with Crippen molar-refractivity contribution in [3.8, 4) is 0 Å². The Balaban J connectivity index is 4.70. The molecule has 0 heterocycles. The fourth-order valence-electron chi connectivity index (χ4n) is 2.10. The topological polar surface area (TPSA) is 81.8 Å². The van der Waals surface area contributed by atoms with Gasteiger partial charge in [-0.1, -0.05) is 20.3 Å². The summed E-state index contributed by atoms with van der Waals surface area (Å²) >= 11 is 0. The van der Waals surface area contributed by atoms with Crippen molar-refractivity contribution in [3.05, 3.63) is 10.1 Å². The summed E-state index contributed by atoms with van der Waals surface area (Å²) in [6, 6.07) is 0. The van der Waals surface area contributed by atoms with Crippen molar-refractivity contribution in [2.45, 2.75) is 52.9 Å². The summed E-state index contributed by atoms with van der Waals surface area (Å²) in [5, 5.41) is 20.2. The van der Waals surface area contributed by atoms with Crippen LogP contribution in [0.25, 0.3) is 0 Å². The second-order valence-corrected chi connectivity index (χ2v) is 4.73. The second kappa shape index (κ2) is 10.1. The van der Waals surface area contributed by atoms with Crippen molar-refractivity contribution in [2.75, 3.05) is 19.8 Å². The maximum Gasteiger partial charge on any atom is 0.229 e. The smallest absolute Gasteiger partial charge is 0.229 e. The second-order valence-electron chi connectivity index (χ2n) is 4.73. The van der Waals surface area contributed by atoms with Crippen molar-refractivity contribution in [3.63, 3.8) is 0 Å². The lowest BCUT2D eigenvalue weighted by Gasteiger charge is -2.31. The van der Waals surface area contributed by atoms with E-state index in [1.807, 2.05) is 20.8 Å². The van der Waals surface area contributed by atoms with E-state index < -0.39 is 23.9 Å². The average molecular weight is 277 g/mol. The highest BCUT2D eigenvalue weighted by molar-refractivity contribution is 4.73. The molecule has 6 heteroatoms. The summed E-state index contributed by atoms with van der Waals surface area (Å²) < 4.78 is 11.1. The van der Waals surface area contributed by atoms with E-state index in [9.17, 15) is 15.2 Å². The molecule has 0 amide bonds. The van der Waals surface area contributed by atoms with Crippen molar-refractivity contribution < 1.29 is 19.5 Å². The molecule has 0 saturated heterocycles. The van der Waals surface area contributed by atoms with E-state index in [4.69, 9.17) is 9.47 Å². The number of aliphatic hydroxyl groups is 1. The third-order valence-corrected chi connectivity index (χ3v) is 3.29. The first kappa shape index (κ1) is 18.3. The quantitative estimate of drug-likeness (QED) is 0.355. The molecule has 0 rings (SSSR count). The molecule has 0 aliphatic rings. The van der Waals surface area contributed by atoms with Crippen molar-refractivity contribution in [2.24, 2.45) is 11.8 Å². The van der Waals surface area contributed by atoms with Crippen molar-refractivity contribution in [1.29, 1.82) is 0 Å². The van der Waals surface area contributed by atoms with Gasteiger partial charge in [0.25, 0.3) is 0 Å². The maximum atomic E-state index is 10.4. The van der Waals surface area contributed by atoms with E-state index in [0.29, 0.717) is 19.6 Å². The molecule has 0 aromatic carbocycles. The summed E-state index contributed by atoms with van der Waals surface area (Å²) in [7, 11) is 0. The van der Waals surface area contributed by atoms with Crippen LogP contribution in [0, 0.1) is 22.0 Å². The molecule has 0 spiro atoms. The molecular weight excluding hydrogens is 250 g/mol. The van der Waals surface area contributed by atoms with Crippen LogP contribution < -0.4 is 0 Å². The first-order valence-corrected chi connectivity index (χ1v) is 6.99. The molecule has 0 aliphatic carbocycles. The Hall–Kier alpha value is -0.720. The lowest BCUT2D eigenvalue weighted by molar-refractivity contribution is -0.491. The van der Waals surface area contributed by atoms with Gasteiger partial charge in [0.15, 0.2) is 6.29 Å². The van der Waals surface area contributed by atoms with Crippen LogP contribution in [0.2, 0.25) is 0 Å². The number of hydrogen-bond acceptors (Lipinski definition) is 5. The number of nitro groups is 1. The van der Waals surface area contributed by atoms with Gasteiger partial charge in [-0.2, -0.15) is 0 Å². The molecule has 19 heavy (non-hydrogen) atoms. The van der Waals surface area contributed by atoms with Crippen LogP contribution in [0.5, 0.6) is 0 Å². The van der Waals surface area contributed by atoms with Gasteiger partial charge in [-0.3, -0.25) is 10.1 Å². The highest BCUT2D eigenvalue weighted by Crippen LogP contribution is 2.27. The van der Waals surface area contributed by atoms with Gasteiger partial charge in [0.2, 0.25) is 6.54 Å². The summed E-state index contributed by atoms with van der Waals surface area (Å²) in [6.45, 7) is 8.46. The summed E-state index contributed by atoms with van der Waals surface area (Å²) in [5.41, 5.74) is 0. The number of nitrogens with zero attached hydrogens (tertiary/aromatic N) is 1. The molecule has 3 unspecified atom stereocenters. The normalized spacial score (nSPS) is 16.3. The monoisotopic (exact) mass is 277 g/mol. The lowest BCUT2D eigenvalue weighted by atomic mass is 9.86. The van der Waals surface area contributed by atoms with Crippen molar-refractivity contribution >= 4 is 0 Å². The van der Waals surface area contributed by atoms with E-state index in [1.54, 1.807) is 0 Å². The fraction of sp³-hybridized carbons (Fsp3) is 1.00. The van der Waals surface area contributed by atoms with Gasteiger partial charge in [0, 0.05) is 24.1 Å². The van der Waals surface area contributed by atoms with Gasteiger partial charge in [-0.25, -0.2) is 0 Å². The Morgan fingerprint density at radius 3 is 2.11 bits per heavy atom. The standard InChI is InChI=1S/C13H27NO5/c1-5-10(4)12(8-11(15)9-14(16)17)13(18-6-2)19-7-3/h10-13,15H,5-9H2,1-4H3. The van der Waals surface area contributed by atoms with Gasteiger partial charge < -0.3 is 14.6 Å². The summed E-state index contributed by atoms with van der Waals surface area (Å²) in [4.78, 5) is 9.94. The Morgan fingerprint density at radius 1 is 1.21 bits per heavy atom. The first-order valence-electron chi connectivity index (χ1n) is 6.99. The van der Waals surface area contributed by atoms with E-state index in [1.165, 1.54) is 0 Å². The zero-order chi connectivity index (χ0) is 14.8. The predicted octanol–water partition coefficient (Wildman–Crippen LogP) is 2.08. The zero-order valence-corrected chi connectivity index (χ0v) is 12.4. The summed E-state index contributed by atoms with van der Waals surface area (Å²) in [5.74, 6) is 0.226. The van der Waals surface area contributed by atoms with E-state index in [-0.39, 0.29) is 11.8 Å². The van der Waals surface area contributed by atoms with Crippen LogP contribution in [-0.2, 0) is 9.47 Å². The van der Waals surface area contributed by atoms with Gasteiger partial charge in [0.05, 0.1) is 0 Å². The fourth-order valence-corrected chi connectivity index (χ4v) is 2.10. The third kappa shape index (κ3) is 7.44. The lowest BCUT2D eigenvalue weighted by Crippen LogP contribution is -2.36. The van der Waals surface area contributed by atoms with Gasteiger partial charge in [-0.15, -0.1) is 0 Å². The SMILES string of the molecule is CCOC(OCC)C(CC(O)C[N+](=O)[O-])C(C)CC. The highest BCUT2D eigenvalue weighted by atomic mass is 16.7. The summed E-state index contributed by atoms with van der Waals surface area (Å²) in [6.07, 6.45) is -0.142. The van der Waals surface area contributed by atoms with Crippen LogP contribution in [0.3, 0.4) is 0 Å². The Morgan fingerprint density at radius 2 is 1.74 bits per heavy atom. The van der Waals surface area contributed by atoms with Crippen molar-refractivity contribution in [1.82, 2.24) is 0 Å². The molecule has 6 nitrogen and oxygen atoms in total. The third-order valence-electron chi connectivity index (χ3n) is 3.29. The van der Waals surface area contributed by atoms with Gasteiger partial charge >= 0.3 is 0 Å². The van der Waals surface area contributed by atoms with Crippen LogP contribution in [0.15, 0.2) is 0 Å². The van der Waals surface area contributed by atoms with E-state index >= 15 is 0 Å². The molecule has 0 saturated carbocycles. The molecule has 0 aromatic heterocycles. The van der Waals surface area contributed by atoms with E-state index in [2.05, 4.69) is 6.92 Å². The van der Waals surface area contributed by atoms with E-state index in [0.717, 1.165) is 6.42 Å². The van der Waals surface area contributed by atoms with Crippen LogP contribution in [0.4, 0.5) is 0 Å². The van der Waals surface area contributed by atoms with Crippen LogP contribution in [0.1, 0.15) is 40.5 Å². The number of rotatable bonds is 11. The van der Waals surface area contributed by atoms with Crippen LogP contribution in [-0.4, -0.2) is 42.2 Å². The van der Waals surface area contributed by atoms with Gasteiger partial charge in [-0.05, 0) is 26.2 Å². The molecule has 0 aliphatic heterocycles. The molecule has 0 bridgehead atoms.